The van der Waals surface area contributed by atoms with Crippen molar-refractivity contribution in [3.63, 3.8) is 0 Å². The van der Waals surface area contributed by atoms with Crippen LogP contribution in [0.15, 0.2) is 59.1 Å². The summed E-state index contributed by atoms with van der Waals surface area (Å²) >= 11 is 3.43. The average molecular weight is 427 g/mol. The molecule has 0 aliphatic heterocycles. The highest BCUT2D eigenvalue weighted by atomic mass is 79.9. The third-order valence-electron chi connectivity index (χ3n) is 4.60. The lowest BCUT2D eigenvalue weighted by atomic mass is 10.1. The summed E-state index contributed by atoms with van der Waals surface area (Å²) in [7, 11) is 0. The van der Waals surface area contributed by atoms with Gasteiger partial charge in [-0.15, -0.1) is 5.10 Å². The van der Waals surface area contributed by atoms with Gasteiger partial charge in [0.25, 0.3) is 5.91 Å². The number of aromatic nitrogens is 3. The first-order valence-electron chi connectivity index (χ1n) is 8.86. The Morgan fingerprint density at radius 3 is 2.56 bits per heavy atom. The molecule has 2 N–H and O–H groups in total. The number of hydrogen-bond donors (Lipinski definition) is 2. The molecule has 1 amide bonds. The summed E-state index contributed by atoms with van der Waals surface area (Å²) in [5.74, 6) is -0.0151. The molecule has 1 aliphatic carbocycles. The first-order valence-corrected chi connectivity index (χ1v) is 9.65. The molecule has 0 bridgehead atoms. The van der Waals surface area contributed by atoms with Crippen molar-refractivity contribution in [1.82, 2.24) is 20.3 Å². The van der Waals surface area contributed by atoms with Gasteiger partial charge in [-0.3, -0.25) is 4.79 Å². The summed E-state index contributed by atoms with van der Waals surface area (Å²) in [6, 6.07) is 17.0. The molecule has 1 aromatic heterocycles. The summed E-state index contributed by atoms with van der Waals surface area (Å²) in [5, 5.41) is 21.4. The minimum atomic E-state index is -0.763. The largest absolute Gasteiger partial charge is 0.387 e. The van der Waals surface area contributed by atoms with Crippen LogP contribution in [0.2, 0.25) is 0 Å². The maximum absolute atomic E-state index is 12.7. The van der Waals surface area contributed by atoms with Crippen LogP contribution < -0.4 is 5.32 Å². The Kier molecular flexibility index (Phi) is 5.05. The quantitative estimate of drug-likeness (QED) is 0.632. The van der Waals surface area contributed by atoms with E-state index in [0.717, 1.165) is 34.3 Å². The number of nitrogens with zero attached hydrogens (tertiary/aromatic N) is 3. The lowest BCUT2D eigenvalue weighted by Gasteiger charge is -2.12. The Balaban J connectivity index is 1.53. The molecule has 0 saturated heterocycles. The highest BCUT2D eigenvalue weighted by Crippen LogP contribution is 2.42. The first-order chi connectivity index (χ1) is 13.1. The number of carbonyl (C=O) groups excluding carboxylic acids is 1. The molecule has 2 aromatic carbocycles. The number of aliphatic hydroxyl groups is 1. The van der Waals surface area contributed by atoms with Gasteiger partial charge in [-0.05, 0) is 42.7 Å². The second-order valence-electron chi connectivity index (χ2n) is 6.62. The maximum Gasteiger partial charge on any atom is 0.273 e. The van der Waals surface area contributed by atoms with Gasteiger partial charge in [0.2, 0.25) is 0 Å². The Morgan fingerprint density at radius 1 is 1.19 bits per heavy atom. The van der Waals surface area contributed by atoms with Crippen LogP contribution in [0.4, 0.5) is 0 Å². The summed E-state index contributed by atoms with van der Waals surface area (Å²) in [6.07, 6.45) is 1.29. The molecule has 1 saturated carbocycles. The SMILES string of the molecule is O=C(NCC(O)c1ccccc1)c1nnn(-c2ccc(Br)cc2)c1C1CC1. The molecular weight excluding hydrogens is 408 g/mol. The highest BCUT2D eigenvalue weighted by Gasteiger charge is 2.34. The number of halogens is 1. The number of amides is 1. The Bertz CT molecular complexity index is 936. The van der Waals surface area contributed by atoms with Gasteiger partial charge in [-0.25, -0.2) is 4.68 Å². The number of aliphatic hydroxyl groups excluding tert-OH is 1. The predicted molar refractivity (Wildman–Crippen MR) is 105 cm³/mol. The number of nitrogens with one attached hydrogen (secondary N) is 1. The van der Waals surface area contributed by atoms with E-state index in [-0.39, 0.29) is 12.5 Å². The summed E-state index contributed by atoms with van der Waals surface area (Å²) in [4.78, 5) is 12.7. The number of benzene rings is 2. The van der Waals surface area contributed by atoms with E-state index in [0.29, 0.717) is 11.6 Å². The maximum atomic E-state index is 12.7. The monoisotopic (exact) mass is 426 g/mol. The van der Waals surface area contributed by atoms with Crippen molar-refractivity contribution >= 4 is 21.8 Å². The summed E-state index contributed by atoms with van der Waals surface area (Å²) < 4.78 is 2.72. The zero-order valence-electron chi connectivity index (χ0n) is 14.5. The van der Waals surface area contributed by atoms with E-state index in [1.165, 1.54) is 0 Å². The van der Waals surface area contributed by atoms with Gasteiger partial charge in [0.05, 0.1) is 17.5 Å². The Hall–Kier alpha value is -2.51. The van der Waals surface area contributed by atoms with Gasteiger partial charge in [0.15, 0.2) is 5.69 Å². The molecule has 0 radical (unpaired) electrons. The normalized spacial score (nSPS) is 14.7. The fourth-order valence-corrected chi connectivity index (χ4v) is 3.28. The molecule has 1 fully saturated rings. The predicted octanol–water partition coefficient (Wildman–Crippen LogP) is 3.37. The van der Waals surface area contributed by atoms with Crippen LogP contribution in [0.1, 0.15) is 46.6 Å². The fourth-order valence-electron chi connectivity index (χ4n) is 3.01. The van der Waals surface area contributed by atoms with Crippen molar-refractivity contribution < 1.29 is 9.90 Å². The van der Waals surface area contributed by atoms with Crippen LogP contribution in [-0.4, -0.2) is 32.6 Å². The lowest BCUT2D eigenvalue weighted by Crippen LogP contribution is -2.29. The Labute approximate surface area is 165 Å². The van der Waals surface area contributed by atoms with E-state index in [4.69, 9.17) is 0 Å². The van der Waals surface area contributed by atoms with Crippen molar-refractivity contribution in [1.29, 1.82) is 0 Å². The zero-order valence-corrected chi connectivity index (χ0v) is 16.1. The third kappa shape index (κ3) is 3.94. The average Bonchev–Trinajstić information content (AvgIpc) is 3.45. The van der Waals surface area contributed by atoms with Gasteiger partial charge >= 0.3 is 0 Å². The standard InChI is InChI=1S/C20H19BrN4O2/c21-15-8-10-16(11-9-15)25-19(14-6-7-14)18(23-24-25)20(27)22-12-17(26)13-4-2-1-3-5-13/h1-5,8-11,14,17,26H,6-7,12H2,(H,22,27). The number of carbonyl (C=O) groups is 1. The first kappa shape index (κ1) is 17.9. The Morgan fingerprint density at radius 2 is 1.89 bits per heavy atom. The van der Waals surface area contributed by atoms with E-state index in [2.05, 4.69) is 31.6 Å². The van der Waals surface area contributed by atoms with Crippen LogP contribution in [0.25, 0.3) is 5.69 Å². The van der Waals surface area contributed by atoms with Gasteiger partial charge in [-0.1, -0.05) is 51.5 Å². The summed E-state index contributed by atoms with van der Waals surface area (Å²) in [5.41, 5.74) is 2.81. The number of hydrogen-bond acceptors (Lipinski definition) is 4. The molecule has 3 aromatic rings. The minimum absolute atomic E-state index is 0.123. The molecule has 27 heavy (non-hydrogen) atoms. The van der Waals surface area contributed by atoms with Gasteiger partial charge in [0.1, 0.15) is 0 Å². The molecule has 7 heteroatoms. The van der Waals surface area contributed by atoms with E-state index in [1.807, 2.05) is 54.6 Å². The van der Waals surface area contributed by atoms with E-state index in [9.17, 15) is 9.90 Å². The van der Waals surface area contributed by atoms with Crippen molar-refractivity contribution in [2.24, 2.45) is 0 Å². The molecule has 1 aliphatic rings. The lowest BCUT2D eigenvalue weighted by molar-refractivity contribution is 0.0910. The van der Waals surface area contributed by atoms with E-state index in [1.54, 1.807) is 4.68 Å². The van der Waals surface area contributed by atoms with Crippen LogP contribution in [-0.2, 0) is 0 Å². The van der Waals surface area contributed by atoms with E-state index >= 15 is 0 Å². The fraction of sp³-hybridized carbons (Fsp3) is 0.250. The molecule has 6 nitrogen and oxygen atoms in total. The van der Waals surface area contributed by atoms with Crippen molar-refractivity contribution in [3.05, 3.63) is 76.0 Å². The smallest absolute Gasteiger partial charge is 0.273 e. The van der Waals surface area contributed by atoms with E-state index < -0.39 is 6.10 Å². The second kappa shape index (κ2) is 7.62. The van der Waals surface area contributed by atoms with Crippen LogP contribution in [0, 0.1) is 0 Å². The van der Waals surface area contributed by atoms with Crippen molar-refractivity contribution in [2.75, 3.05) is 6.54 Å². The molecule has 1 unspecified atom stereocenters. The van der Waals surface area contributed by atoms with Crippen molar-refractivity contribution in [3.8, 4) is 5.69 Å². The van der Waals surface area contributed by atoms with Gasteiger partial charge in [-0.2, -0.15) is 0 Å². The molecule has 1 atom stereocenters. The topological polar surface area (TPSA) is 80.0 Å². The minimum Gasteiger partial charge on any atom is -0.387 e. The summed E-state index contributed by atoms with van der Waals surface area (Å²) in [6.45, 7) is 0.123. The molecule has 4 rings (SSSR count). The molecule has 0 spiro atoms. The van der Waals surface area contributed by atoms with Crippen LogP contribution in [0.5, 0.6) is 0 Å². The van der Waals surface area contributed by atoms with Gasteiger partial charge < -0.3 is 10.4 Å². The van der Waals surface area contributed by atoms with Crippen LogP contribution in [0.3, 0.4) is 0 Å². The number of rotatable bonds is 6. The van der Waals surface area contributed by atoms with Gasteiger partial charge in [0, 0.05) is 16.9 Å². The molecular formula is C20H19BrN4O2. The third-order valence-corrected chi connectivity index (χ3v) is 5.12. The zero-order chi connectivity index (χ0) is 18.8. The van der Waals surface area contributed by atoms with Crippen LogP contribution >= 0.6 is 15.9 Å². The highest BCUT2D eigenvalue weighted by molar-refractivity contribution is 9.10. The van der Waals surface area contributed by atoms with Crippen molar-refractivity contribution in [2.45, 2.75) is 24.9 Å². The molecule has 138 valence electrons. The second-order valence-corrected chi connectivity index (χ2v) is 7.54. The molecule has 1 heterocycles.